The summed E-state index contributed by atoms with van der Waals surface area (Å²) in [6, 6.07) is 7.71. The Labute approximate surface area is 137 Å². The Morgan fingerprint density at radius 3 is 2.82 bits per heavy atom. The normalized spacial score (nSPS) is 12.1. The molecule has 0 saturated heterocycles. The van der Waals surface area contributed by atoms with Crippen molar-refractivity contribution >= 4 is 28.8 Å². The molecule has 0 fully saturated rings. The first-order valence-electron chi connectivity index (χ1n) is 6.99. The molecule has 0 spiro atoms. The van der Waals surface area contributed by atoms with Crippen molar-refractivity contribution in [3.63, 3.8) is 0 Å². The summed E-state index contributed by atoms with van der Waals surface area (Å²) < 4.78 is 13.0. The van der Waals surface area contributed by atoms with Gasteiger partial charge in [0.15, 0.2) is 0 Å². The number of rotatable bonds is 7. The fourth-order valence-electron chi connectivity index (χ4n) is 2.24. The number of benzene rings is 1. The molecule has 0 aliphatic carbocycles. The number of hydrogen-bond acceptors (Lipinski definition) is 3. The zero-order valence-corrected chi connectivity index (χ0v) is 13.5. The van der Waals surface area contributed by atoms with E-state index in [-0.39, 0.29) is 29.0 Å². The number of hydrogen-bond donors (Lipinski definition) is 2. The second kappa shape index (κ2) is 8.27. The molecule has 0 radical (unpaired) electrons. The van der Waals surface area contributed by atoms with Crippen molar-refractivity contribution in [2.24, 2.45) is 0 Å². The van der Waals surface area contributed by atoms with Crippen LogP contribution in [-0.4, -0.2) is 24.2 Å². The van der Waals surface area contributed by atoms with Gasteiger partial charge >= 0.3 is 0 Å². The third-order valence-corrected chi connectivity index (χ3v) is 4.72. The molecule has 2 aromatic rings. The van der Waals surface area contributed by atoms with Crippen LogP contribution in [-0.2, 0) is 0 Å². The second-order valence-electron chi connectivity index (χ2n) is 4.89. The van der Waals surface area contributed by atoms with Crippen molar-refractivity contribution in [2.45, 2.75) is 18.8 Å². The number of nitrogens with one attached hydrogen (secondary N) is 1. The molecule has 0 aliphatic heterocycles. The lowest BCUT2D eigenvalue weighted by Gasteiger charge is -2.14. The molecule has 0 aliphatic rings. The van der Waals surface area contributed by atoms with Crippen LogP contribution in [0.15, 0.2) is 35.7 Å². The molecule has 3 nitrogen and oxygen atoms in total. The third kappa shape index (κ3) is 4.53. The smallest absolute Gasteiger partial charge is 0.252 e. The zero-order valence-electron chi connectivity index (χ0n) is 11.9. The molecule has 1 aromatic heterocycles. The van der Waals surface area contributed by atoms with Crippen LogP contribution in [0.2, 0.25) is 5.02 Å². The van der Waals surface area contributed by atoms with Gasteiger partial charge in [0.25, 0.3) is 5.91 Å². The lowest BCUT2D eigenvalue weighted by Crippen LogP contribution is -2.26. The molecule has 1 unspecified atom stereocenters. The van der Waals surface area contributed by atoms with Crippen molar-refractivity contribution < 1.29 is 14.3 Å². The largest absolute Gasteiger partial charge is 0.396 e. The molecule has 1 atom stereocenters. The van der Waals surface area contributed by atoms with Crippen molar-refractivity contribution in [1.82, 2.24) is 5.32 Å². The highest BCUT2D eigenvalue weighted by atomic mass is 35.5. The zero-order chi connectivity index (χ0) is 15.9. The maximum absolute atomic E-state index is 13.0. The molecule has 2 rings (SSSR count). The van der Waals surface area contributed by atoms with Gasteiger partial charge in [-0.1, -0.05) is 17.7 Å². The summed E-state index contributed by atoms with van der Waals surface area (Å²) in [5.74, 6) is -0.574. The molecular formula is C16H17ClFNO2S. The SMILES string of the molecule is O=C(NCCC(CCO)c1cccs1)c1ccc(F)cc1Cl. The molecule has 1 heterocycles. The lowest BCUT2D eigenvalue weighted by atomic mass is 10.00. The van der Waals surface area contributed by atoms with Gasteiger partial charge in [-0.05, 0) is 48.4 Å². The minimum atomic E-state index is -0.470. The molecule has 0 saturated carbocycles. The maximum atomic E-state index is 13.0. The van der Waals surface area contributed by atoms with E-state index in [0.717, 1.165) is 12.5 Å². The summed E-state index contributed by atoms with van der Waals surface area (Å²) in [4.78, 5) is 13.2. The predicted octanol–water partition coefficient (Wildman–Crippen LogP) is 3.83. The van der Waals surface area contributed by atoms with E-state index in [2.05, 4.69) is 5.32 Å². The average molecular weight is 342 g/mol. The molecular weight excluding hydrogens is 325 g/mol. The van der Waals surface area contributed by atoms with Crippen LogP contribution in [0.5, 0.6) is 0 Å². The van der Waals surface area contributed by atoms with E-state index in [1.807, 2.05) is 17.5 Å². The minimum absolute atomic E-state index is 0.0997. The summed E-state index contributed by atoms with van der Waals surface area (Å²) in [6.45, 7) is 0.579. The van der Waals surface area contributed by atoms with Gasteiger partial charge in [0.1, 0.15) is 5.82 Å². The topological polar surface area (TPSA) is 49.3 Å². The fraction of sp³-hybridized carbons (Fsp3) is 0.312. The first-order chi connectivity index (χ1) is 10.6. The van der Waals surface area contributed by atoms with Crippen molar-refractivity contribution in [2.75, 3.05) is 13.2 Å². The van der Waals surface area contributed by atoms with E-state index >= 15 is 0 Å². The Kier molecular flexibility index (Phi) is 6.36. The van der Waals surface area contributed by atoms with Gasteiger partial charge in [-0.25, -0.2) is 4.39 Å². The molecule has 0 bridgehead atoms. The molecule has 1 amide bonds. The van der Waals surface area contributed by atoms with Crippen LogP contribution in [0.1, 0.15) is 34.0 Å². The highest BCUT2D eigenvalue weighted by Gasteiger charge is 2.14. The highest BCUT2D eigenvalue weighted by molar-refractivity contribution is 7.10. The van der Waals surface area contributed by atoms with E-state index in [0.29, 0.717) is 13.0 Å². The van der Waals surface area contributed by atoms with Gasteiger partial charge in [0.05, 0.1) is 10.6 Å². The number of aliphatic hydroxyl groups is 1. The summed E-state index contributed by atoms with van der Waals surface area (Å²) in [5, 5.41) is 14.0. The Balaban J connectivity index is 1.90. The first-order valence-corrected chi connectivity index (χ1v) is 8.25. The Morgan fingerprint density at radius 2 is 2.18 bits per heavy atom. The summed E-state index contributed by atoms with van der Waals surface area (Å²) >= 11 is 7.51. The van der Waals surface area contributed by atoms with Gasteiger partial charge in [0.2, 0.25) is 0 Å². The second-order valence-corrected chi connectivity index (χ2v) is 6.28. The summed E-state index contributed by atoms with van der Waals surface area (Å²) in [7, 11) is 0. The van der Waals surface area contributed by atoms with E-state index in [1.54, 1.807) is 11.3 Å². The summed E-state index contributed by atoms with van der Waals surface area (Å²) in [5.41, 5.74) is 0.262. The Hall–Kier alpha value is -1.43. The molecule has 6 heteroatoms. The highest BCUT2D eigenvalue weighted by Crippen LogP contribution is 2.27. The van der Waals surface area contributed by atoms with Gasteiger partial charge in [-0.15, -0.1) is 11.3 Å². The number of thiophene rings is 1. The number of amides is 1. The summed E-state index contributed by atoms with van der Waals surface area (Å²) in [6.07, 6.45) is 1.39. The average Bonchev–Trinajstić information content (AvgIpc) is 3.00. The minimum Gasteiger partial charge on any atom is -0.396 e. The van der Waals surface area contributed by atoms with E-state index in [9.17, 15) is 9.18 Å². The Morgan fingerprint density at radius 1 is 1.36 bits per heavy atom. The van der Waals surface area contributed by atoms with Gasteiger partial charge in [0, 0.05) is 18.0 Å². The van der Waals surface area contributed by atoms with Crippen molar-refractivity contribution in [3.8, 4) is 0 Å². The van der Waals surface area contributed by atoms with E-state index in [4.69, 9.17) is 16.7 Å². The third-order valence-electron chi connectivity index (χ3n) is 3.38. The van der Waals surface area contributed by atoms with Crippen LogP contribution in [0.25, 0.3) is 0 Å². The van der Waals surface area contributed by atoms with E-state index in [1.165, 1.54) is 17.0 Å². The first kappa shape index (κ1) is 16.9. The van der Waals surface area contributed by atoms with Crippen LogP contribution in [0.3, 0.4) is 0 Å². The van der Waals surface area contributed by atoms with Crippen LogP contribution in [0.4, 0.5) is 4.39 Å². The fourth-order valence-corrected chi connectivity index (χ4v) is 3.39. The standard InChI is InChI=1S/C16H17ClFNO2S/c17-14-10-12(18)3-4-13(14)16(21)19-7-5-11(6-8-20)15-2-1-9-22-15/h1-4,9-11,20H,5-8H2,(H,19,21). The molecule has 2 N–H and O–H groups in total. The quantitative estimate of drug-likeness (QED) is 0.804. The monoisotopic (exact) mass is 341 g/mol. The number of carbonyl (C=O) groups is 1. The van der Waals surface area contributed by atoms with Crippen LogP contribution < -0.4 is 5.32 Å². The van der Waals surface area contributed by atoms with Gasteiger partial charge in [-0.3, -0.25) is 4.79 Å². The lowest BCUT2D eigenvalue weighted by molar-refractivity contribution is 0.0952. The van der Waals surface area contributed by atoms with Crippen LogP contribution in [0, 0.1) is 5.82 Å². The molecule has 22 heavy (non-hydrogen) atoms. The number of aliphatic hydroxyl groups excluding tert-OH is 1. The number of carbonyl (C=O) groups excluding carboxylic acids is 1. The van der Waals surface area contributed by atoms with Crippen molar-refractivity contribution in [1.29, 1.82) is 0 Å². The molecule has 118 valence electrons. The van der Waals surface area contributed by atoms with Gasteiger partial charge < -0.3 is 10.4 Å². The van der Waals surface area contributed by atoms with Crippen molar-refractivity contribution in [3.05, 3.63) is 57.0 Å². The van der Waals surface area contributed by atoms with Gasteiger partial charge in [-0.2, -0.15) is 0 Å². The maximum Gasteiger partial charge on any atom is 0.252 e. The van der Waals surface area contributed by atoms with E-state index < -0.39 is 5.82 Å². The number of halogens is 2. The predicted molar refractivity (Wildman–Crippen MR) is 87.1 cm³/mol. The van der Waals surface area contributed by atoms with Crippen LogP contribution >= 0.6 is 22.9 Å². The Bertz CT molecular complexity index is 619. The molecule has 1 aromatic carbocycles.